The van der Waals surface area contributed by atoms with Crippen molar-refractivity contribution in [2.75, 3.05) is 6.61 Å². The van der Waals surface area contributed by atoms with Crippen LogP contribution in [0.25, 0.3) is 21.9 Å². The molecule has 2 aliphatic rings. The minimum atomic E-state index is -3.26. The maximum atomic E-state index is 15.6. The molecule has 0 bridgehead atoms. The molecule has 1 heterocycles. The number of hydrogen-bond donors (Lipinski definition) is 0. The zero-order valence-corrected chi connectivity index (χ0v) is 19.2. The Morgan fingerprint density at radius 1 is 0.970 bits per heavy atom. The van der Waals surface area contributed by atoms with Crippen LogP contribution < -0.4 is 4.74 Å². The Balaban J connectivity index is 1.52. The van der Waals surface area contributed by atoms with E-state index in [4.69, 9.17) is 9.15 Å². The first-order valence-corrected chi connectivity index (χ1v) is 12.2. The van der Waals surface area contributed by atoms with Gasteiger partial charge in [0, 0.05) is 16.7 Å². The van der Waals surface area contributed by atoms with Gasteiger partial charge in [0.2, 0.25) is 5.82 Å². The van der Waals surface area contributed by atoms with Crippen LogP contribution in [0.4, 0.5) is 17.6 Å². The van der Waals surface area contributed by atoms with Gasteiger partial charge in [0.1, 0.15) is 0 Å². The highest BCUT2D eigenvalue weighted by atomic mass is 19.3. The number of ether oxygens (including phenoxy) is 1. The van der Waals surface area contributed by atoms with Crippen LogP contribution in [0.1, 0.15) is 69.9 Å². The first-order valence-electron chi connectivity index (χ1n) is 12.2. The lowest BCUT2D eigenvalue weighted by atomic mass is 9.73. The zero-order chi connectivity index (χ0) is 23.3. The van der Waals surface area contributed by atoms with Crippen LogP contribution in [0.3, 0.4) is 0 Å². The van der Waals surface area contributed by atoms with Gasteiger partial charge in [0.15, 0.2) is 22.7 Å². The summed E-state index contributed by atoms with van der Waals surface area (Å²) in [5.41, 5.74) is -0.699. The van der Waals surface area contributed by atoms with Crippen molar-refractivity contribution in [3.8, 4) is 5.75 Å². The topological polar surface area (TPSA) is 22.4 Å². The van der Waals surface area contributed by atoms with Gasteiger partial charge >= 0.3 is 0 Å². The first-order chi connectivity index (χ1) is 15.9. The van der Waals surface area contributed by atoms with Gasteiger partial charge in [-0.05, 0) is 61.3 Å². The predicted octanol–water partition coefficient (Wildman–Crippen LogP) is 8.52. The molecule has 1 fully saturated rings. The molecule has 0 spiro atoms. The van der Waals surface area contributed by atoms with Gasteiger partial charge < -0.3 is 9.15 Å². The molecular weight excluding hydrogens is 432 g/mol. The lowest BCUT2D eigenvalue weighted by molar-refractivity contribution is -0.0839. The standard InChI is InChI=1S/C27H30F4O2/c1-3-5-15-6-8-16(9-7-15)20-14-17-13-19-18-10-11-21(32-12-4-2)23(28)25(18)33-26(19)24(29)22(17)27(20,30)31/h10-11,13,15-16,20H,3-9,12,14H2,1-2H3. The molecule has 33 heavy (non-hydrogen) atoms. The fraction of sp³-hybridized carbons (Fsp3) is 0.556. The van der Waals surface area contributed by atoms with Crippen molar-refractivity contribution in [3.63, 3.8) is 0 Å². The van der Waals surface area contributed by atoms with Crippen LogP contribution >= 0.6 is 0 Å². The number of benzene rings is 2. The minimum absolute atomic E-state index is 0.0143. The molecule has 3 aromatic rings. The molecule has 2 nitrogen and oxygen atoms in total. The largest absolute Gasteiger partial charge is 0.490 e. The summed E-state index contributed by atoms with van der Waals surface area (Å²) >= 11 is 0. The van der Waals surface area contributed by atoms with Crippen molar-refractivity contribution in [1.82, 2.24) is 0 Å². The summed E-state index contributed by atoms with van der Waals surface area (Å²) in [4.78, 5) is 0. The van der Waals surface area contributed by atoms with E-state index in [1.54, 1.807) is 12.1 Å². The third-order valence-electron chi connectivity index (χ3n) is 7.72. The van der Waals surface area contributed by atoms with E-state index in [1.807, 2.05) is 6.92 Å². The van der Waals surface area contributed by atoms with E-state index in [2.05, 4.69) is 6.92 Å². The molecule has 1 aromatic heterocycles. The van der Waals surface area contributed by atoms with Gasteiger partial charge in [-0.1, -0.05) is 39.5 Å². The lowest BCUT2D eigenvalue weighted by Gasteiger charge is -2.34. The van der Waals surface area contributed by atoms with Crippen LogP contribution in [0.15, 0.2) is 22.6 Å². The van der Waals surface area contributed by atoms with E-state index in [0.29, 0.717) is 35.3 Å². The van der Waals surface area contributed by atoms with Gasteiger partial charge in [-0.3, -0.25) is 0 Å². The molecule has 0 saturated heterocycles. The molecule has 2 aliphatic carbocycles. The van der Waals surface area contributed by atoms with Gasteiger partial charge in [-0.15, -0.1) is 0 Å². The Morgan fingerprint density at radius 3 is 2.39 bits per heavy atom. The first kappa shape index (κ1) is 22.5. The third-order valence-corrected chi connectivity index (χ3v) is 7.72. The molecule has 0 N–H and O–H groups in total. The van der Waals surface area contributed by atoms with Gasteiger partial charge in [0.25, 0.3) is 5.92 Å². The number of alkyl halides is 2. The van der Waals surface area contributed by atoms with E-state index in [0.717, 1.165) is 38.5 Å². The Morgan fingerprint density at radius 2 is 1.70 bits per heavy atom. The minimum Gasteiger partial charge on any atom is -0.490 e. The maximum absolute atomic E-state index is 15.6. The second-order valence-electron chi connectivity index (χ2n) is 9.81. The van der Waals surface area contributed by atoms with Crippen LogP contribution in [0.5, 0.6) is 5.75 Å². The smallest absolute Gasteiger partial charge is 0.279 e. The molecule has 1 unspecified atom stereocenters. The molecule has 1 saturated carbocycles. The van der Waals surface area contributed by atoms with Crippen molar-refractivity contribution in [2.24, 2.45) is 17.8 Å². The highest BCUT2D eigenvalue weighted by Crippen LogP contribution is 2.55. The Kier molecular flexibility index (Phi) is 5.82. The Labute approximate surface area is 191 Å². The number of furan rings is 1. The van der Waals surface area contributed by atoms with E-state index >= 15 is 13.2 Å². The summed E-state index contributed by atoms with van der Waals surface area (Å²) in [7, 11) is 0. The average molecular weight is 463 g/mol. The number of rotatable bonds is 6. The summed E-state index contributed by atoms with van der Waals surface area (Å²) in [5, 5.41) is 0.713. The van der Waals surface area contributed by atoms with Crippen molar-refractivity contribution >= 4 is 21.9 Å². The monoisotopic (exact) mass is 462 g/mol. The fourth-order valence-electron chi connectivity index (χ4n) is 6.08. The van der Waals surface area contributed by atoms with Gasteiger partial charge in [-0.2, -0.15) is 4.39 Å². The molecule has 6 heteroatoms. The number of hydrogen-bond acceptors (Lipinski definition) is 2. The summed E-state index contributed by atoms with van der Waals surface area (Å²) in [6.45, 7) is 4.39. The van der Waals surface area contributed by atoms with Crippen molar-refractivity contribution in [3.05, 3.63) is 41.0 Å². The van der Waals surface area contributed by atoms with E-state index in [9.17, 15) is 4.39 Å². The normalized spacial score (nSPS) is 24.5. The number of fused-ring (bicyclic) bond motifs is 4. The summed E-state index contributed by atoms with van der Waals surface area (Å²) in [5.74, 6) is -5.42. The second-order valence-corrected chi connectivity index (χ2v) is 9.81. The summed E-state index contributed by atoms with van der Waals surface area (Å²) in [6, 6.07) is 4.68. The molecular formula is C27H30F4O2. The lowest BCUT2D eigenvalue weighted by Crippen LogP contribution is -2.31. The molecule has 1 atom stereocenters. The molecule has 0 radical (unpaired) electrons. The predicted molar refractivity (Wildman–Crippen MR) is 121 cm³/mol. The van der Waals surface area contributed by atoms with Crippen molar-refractivity contribution in [2.45, 2.75) is 71.1 Å². The van der Waals surface area contributed by atoms with E-state index < -0.39 is 29.0 Å². The summed E-state index contributed by atoms with van der Waals surface area (Å²) < 4.78 is 72.5. The van der Waals surface area contributed by atoms with Crippen molar-refractivity contribution in [1.29, 1.82) is 0 Å². The van der Waals surface area contributed by atoms with Crippen LogP contribution in [0, 0.1) is 29.4 Å². The van der Waals surface area contributed by atoms with Gasteiger partial charge in [0.05, 0.1) is 12.2 Å². The Hall–Kier alpha value is -2.24. The molecule has 178 valence electrons. The quantitative estimate of drug-likeness (QED) is 0.343. The van der Waals surface area contributed by atoms with Crippen LogP contribution in [0.2, 0.25) is 0 Å². The number of halogens is 4. The fourth-order valence-corrected chi connectivity index (χ4v) is 6.08. The highest BCUT2D eigenvalue weighted by molar-refractivity contribution is 6.06. The van der Waals surface area contributed by atoms with Crippen molar-refractivity contribution < 1.29 is 26.7 Å². The molecule has 0 amide bonds. The zero-order valence-electron chi connectivity index (χ0n) is 19.2. The van der Waals surface area contributed by atoms with E-state index in [1.165, 1.54) is 6.07 Å². The maximum Gasteiger partial charge on any atom is 0.279 e. The second kappa shape index (κ2) is 8.52. The average Bonchev–Trinajstić information content (AvgIpc) is 3.30. The SMILES string of the molecule is CCCOc1ccc2c(oc3c(F)c4c(cc32)CC(C2CCC(CCC)CC2)C4(F)F)c1F. The molecule has 2 aromatic carbocycles. The van der Waals surface area contributed by atoms with Gasteiger partial charge in [-0.25, -0.2) is 13.2 Å². The molecule has 0 aliphatic heterocycles. The van der Waals surface area contributed by atoms with Crippen LogP contribution in [-0.4, -0.2) is 6.61 Å². The Bertz CT molecular complexity index is 1170. The van der Waals surface area contributed by atoms with Crippen LogP contribution in [-0.2, 0) is 12.3 Å². The summed E-state index contributed by atoms with van der Waals surface area (Å²) in [6.07, 6.45) is 6.59. The van der Waals surface area contributed by atoms with E-state index in [-0.39, 0.29) is 29.3 Å². The third kappa shape index (κ3) is 3.60. The molecule has 5 rings (SSSR count). The highest BCUT2D eigenvalue weighted by Gasteiger charge is 2.54.